The predicted octanol–water partition coefficient (Wildman–Crippen LogP) is 5.39. The summed E-state index contributed by atoms with van der Waals surface area (Å²) in [6.45, 7) is 3.13. The van der Waals surface area contributed by atoms with Gasteiger partial charge in [-0.3, -0.25) is 4.79 Å². The van der Waals surface area contributed by atoms with Crippen LogP contribution in [0.1, 0.15) is 103 Å². The van der Waals surface area contributed by atoms with Gasteiger partial charge in [0.2, 0.25) is 0 Å². The fraction of sp³-hybridized carbons (Fsp3) is 0.947. The largest absolute Gasteiger partial charge is 0.466 e. The zero-order valence-corrected chi connectivity index (χ0v) is 14.8. The van der Waals surface area contributed by atoms with Crippen LogP contribution in [0.15, 0.2) is 0 Å². The molecule has 0 aliphatic heterocycles. The van der Waals surface area contributed by atoms with Gasteiger partial charge in [-0.1, -0.05) is 77.6 Å². The molecule has 0 saturated heterocycles. The van der Waals surface area contributed by atoms with Gasteiger partial charge in [-0.2, -0.15) is 0 Å². The average molecular weight is 315 g/mol. The van der Waals surface area contributed by atoms with Crippen molar-refractivity contribution in [1.29, 1.82) is 0 Å². The highest BCUT2D eigenvalue weighted by Gasteiger charge is 2.02. The third-order valence-electron chi connectivity index (χ3n) is 4.05. The first-order chi connectivity index (χ1) is 10.8. The van der Waals surface area contributed by atoms with E-state index in [1.165, 1.54) is 51.4 Å². The Balaban J connectivity index is 3.13. The molecule has 0 aliphatic carbocycles. The van der Waals surface area contributed by atoms with E-state index in [0.717, 1.165) is 38.5 Å². The molecule has 0 fully saturated rings. The second-order valence-electron chi connectivity index (χ2n) is 6.29. The molecule has 0 aromatic carbocycles. The normalized spacial score (nSPS) is 10.8. The number of unbranched alkanes of at least 4 members (excludes halogenated alkanes) is 12. The van der Waals surface area contributed by atoms with E-state index in [1.54, 1.807) is 0 Å². The molecule has 0 spiro atoms. The summed E-state index contributed by atoms with van der Waals surface area (Å²) in [5, 5.41) is 8.67. The Kier molecular flexibility index (Phi) is 18.0. The van der Waals surface area contributed by atoms with Gasteiger partial charge in [0, 0.05) is 13.0 Å². The first-order valence-corrected chi connectivity index (χ1v) is 9.57. The van der Waals surface area contributed by atoms with Crippen LogP contribution in [0.4, 0.5) is 0 Å². The van der Waals surface area contributed by atoms with Gasteiger partial charge in [0.05, 0.1) is 6.61 Å². The zero-order valence-electron chi connectivity index (χ0n) is 14.8. The highest BCUT2D eigenvalue weighted by Crippen LogP contribution is 2.10. The summed E-state index contributed by atoms with van der Waals surface area (Å²) < 4.78 is 5.26. The van der Waals surface area contributed by atoms with Crippen molar-refractivity contribution < 1.29 is 14.6 Å². The lowest BCUT2D eigenvalue weighted by Crippen LogP contribution is -2.05. The Bertz CT molecular complexity index is 229. The topological polar surface area (TPSA) is 46.5 Å². The van der Waals surface area contributed by atoms with E-state index in [9.17, 15) is 4.79 Å². The summed E-state index contributed by atoms with van der Waals surface area (Å²) in [5.41, 5.74) is 0. The maximum atomic E-state index is 11.5. The van der Waals surface area contributed by atoms with Gasteiger partial charge in [-0.25, -0.2) is 0 Å². The molecule has 0 aromatic heterocycles. The third-order valence-corrected chi connectivity index (χ3v) is 4.05. The number of aliphatic hydroxyl groups excluding tert-OH is 1. The Labute approximate surface area is 137 Å². The van der Waals surface area contributed by atoms with Gasteiger partial charge >= 0.3 is 5.97 Å². The first-order valence-electron chi connectivity index (χ1n) is 9.57. The number of rotatable bonds is 17. The standard InChI is InChI=1S/C19H38O3/c1-2-3-4-5-7-10-13-16-19(21)22-18-15-12-9-6-8-11-14-17-20/h20H,2-18H2,1H3. The van der Waals surface area contributed by atoms with Crippen LogP contribution in [0.25, 0.3) is 0 Å². The molecule has 1 N–H and O–H groups in total. The number of carbonyl (C=O) groups excluding carboxylic acids is 1. The molecule has 0 amide bonds. The van der Waals surface area contributed by atoms with E-state index in [-0.39, 0.29) is 5.97 Å². The Hall–Kier alpha value is -0.570. The van der Waals surface area contributed by atoms with Crippen molar-refractivity contribution in [2.75, 3.05) is 13.2 Å². The second-order valence-corrected chi connectivity index (χ2v) is 6.29. The Morgan fingerprint density at radius 1 is 0.727 bits per heavy atom. The highest BCUT2D eigenvalue weighted by molar-refractivity contribution is 5.69. The van der Waals surface area contributed by atoms with Crippen LogP contribution in [0.2, 0.25) is 0 Å². The number of esters is 1. The fourth-order valence-corrected chi connectivity index (χ4v) is 2.58. The number of aliphatic hydroxyl groups is 1. The average Bonchev–Trinajstić information content (AvgIpc) is 2.52. The van der Waals surface area contributed by atoms with Crippen molar-refractivity contribution in [3.8, 4) is 0 Å². The lowest BCUT2D eigenvalue weighted by atomic mass is 10.1. The van der Waals surface area contributed by atoms with Crippen LogP contribution in [0.3, 0.4) is 0 Å². The molecule has 0 radical (unpaired) electrons. The van der Waals surface area contributed by atoms with Crippen molar-refractivity contribution in [3.63, 3.8) is 0 Å². The summed E-state index contributed by atoms with van der Waals surface area (Å²) in [6, 6.07) is 0. The van der Waals surface area contributed by atoms with E-state index in [1.807, 2.05) is 0 Å². The summed E-state index contributed by atoms with van der Waals surface area (Å²) in [7, 11) is 0. The molecule has 0 aromatic rings. The molecule has 0 unspecified atom stereocenters. The van der Waals surface area contributed by atoms with Gasteiger partial charge in [0.15, 0.2) is 0 Å². The van der Waals surface area contributed by atoms with Crippen LogP contribution in [0.5, 0.6) is 0 Å². The van der Waals surface area contributed by atoms with Crippen molar-refractivity contribution in [1.82, 2.24) is 0 Å². The molecule has 0 bridgehead atoms. The first kappa shape index (κ1) is 21.4. The van der Waals surface area contributed by atoms with Gasteiger partial charge in [-0.15, -0.1) is 0 Å². The molecular weight excluding hydrogens is 276 g/mol. The molecule has 132 valence electrons. The summed E-state index contributed by atoms with van der Waals surface area (Å²) in [5.74, 6) is -0.0171. The van der Waals surface area contributed by atoms with E-state index in [2.05, 4.69) is 6.92 Å². The molecule has 3 heteroatoms. The molecule has 3 nitrogen and oxygen atoms in total. The van der Waals surface area contributed by atoms with Crippen molar-refractivity contribution in [2.45, 2.75) is 103 Å². The predicted molar refractivity (Wildman–Crippen MR) is 93.0 cm³/mol. The molecule has 0 atom stereocenters. The maximum absolute atomic E-state index is 11.5. The van der Waals surface area contributed by atoms with E-state index < -0.39 is 0 Å². The molecule has 0 aliphatic rings. The molecular formula is C19H38O3. The van der Waals surface area contributed by atoms with Crippen LogP contribution in [-0.4, -0.2) is 24.3 Å². The third kappa shape index (κ3) is 17.5. The van der Waals surface area contributed by atoms with Crippen LogP contribution in [-0.2, 0) is 9.53 Å². The number of hydrogen-bond acceptors (Lipinski definition) is 3. The monoisotopic (exact) mass is 314 g/mol. The number of hydrogen-bond donors (Lipinski definition) is 1. The second kappa shape index (κ2) is 18.5. The Morgan fingerprint density at radius 2 is 1.23 bits per heavy atom. The van der Waals surface area contributed by atoms with E-state index >= 15 is 0 Å². The summed E-state index contributed by atoms with van der Waals surface area (Å²) in [4.78, 5) is 11.5. The highest BCUT2D eigenvalue weighted by atomic mass is 16.5. The Morgan fingerprint density at radius 3 is 1.82 bits per heavy atom. The van der Waals surface area contributed by atoms with E-state index in [4.69, 9.17) is 9.84 Å². The van der Waals surface area contributed by atoms with Gasteiger partial charge in [-0.05, 0) is 19.3 Å². The lowest BCUT2D eigenvalue weighted by Gasteiger charge is -2.05. The SMILES string of the molecule is CCCCCCCCCC(=O)OCCCCCCCCCO. The van der Waals surface area contributed by atoms with Crippen molar-refractivity contribution in [2.24, 2.45) is 0 Å². The van der Waals surface area contributed by atoms with Gasteiger partial charge in [0.25, 0.3) is 0 Å². The maximum Gasteiger partial charge on any atom is 0.305 e. The quantitative estimate of drug-likeness (QED) is 0.289. The van der Waals surface area contributed by atoms with Crippen molar-refractivity contribution >= 4 is 5.97 Å². The minimum absolute atomic E-state index is 0.0171. The van der Waals surface area contributed by atoms with Gasteiger partial charge < -0.3 is 9.84 Å². The van der Waals surface area contributed by atoms with Crippen LogP contribution in [0, 0.1) is 0 Å². The molecule has 0 heterocycles. The summed E-state index contributed by atoms with van der Waals surface area (Å²) in [6.07, 6.45) is 17.1. The minimum atomic E-state index is -0.0171. The van der Waals surface area contributed by atoms with E-state index in [0.29, 0.717) is 19.6 Å². The number of carbonyl (C=O) groups is 1. The van der Waals surface area contributed by atoms with Crippen molar-refractivity contribution in [3.05, 3.63) is 0 Å². The van der Waals surface area contributed by atoms with Crippen LogP contribution >= 0.6 is 0 Å². The summed E-state index contributed by atoms with van der Waals surface area (Å²) >= 11 is 0. The minimum Gasteiger partial charge on any atom is -0.466 e. The number of ether oxygens (including phenoxy) is 1. The molecule has 22 heavy (non-hydrogen) atoms. The van der Waals surface area contributed by atoms with Gasteiger partial charge in [0.1, 0.15) is 0 Å². The fourth-order valence-electron chi connectivity index (χ4n) is 2.58. The zero-order chi connectivity index (χ0) is 16.3. The smallest absolute Gasteiger partial charge is 0.305 e. The lowest BCUT2D eigenvalue weighted by molar-refractivity contribution is -0.143. The van der Waals surface area contributed by atoms with Crippen LogP contribution < -0.4 is 0 Å². The molecule has 0 saturated carbocycles. The molecule has 0 rings (SSSR count).